The van der Waals surface area contributed by atoms with Crippen molar-refractivity contribution in [2.75, 3.05) is 11.9 Å². The Morgan fingerprint density at radius 3 is 2.87 bits per heavy atom. The number of hydrogen-bond acceptors (Lipinski definition) is 3. The van der Waals surface area contributed by atoms with Crippen molar-refractivity contribution < 1.29 is 9.18 Å². The molecule has 2 aliphatic rings. The molecule has 1 saturated carbocycles. The number of pyridine rings is 1. The van der Waals surface area contributed by atoms with Gasteiger partial charge in [-0.3, -0.25) is 4.98 Å². The second-order valence-corrected chi connectivity index (χ2v) is 6.60. The van der Waals surface area contributed by atoms with Crippen LogP contribution in [0.4, 0.5) is 14.9 Å². The van der Waals surface area contributed by atoms with E-state index in [0.29, 0.717) is 6.54 Å². The minimum Gasteiger partial charge on any atom is -0.364 e. The molecule has 2 heterocycles. The number of anilines is 1. The standard InChI is InChI=1S/C17H19FN4O/c18-11-3-4-13-12(9-11)14(5-8-20-13)21-15-17(6-1-2-7-17)10-22(15)16(19)23/h3-5,8-9,15H,1-2,6-7,10H2,(H2,19,23)(H,20,21). The van der Waals surface area contributed by atoms with E-state index < -0.39 is 6.03 Å². The Morgan fingerprint density at radius 2 is 2.13 bits per heavy atom. The van der Waals surface area contributed by atoms with Gasteiger partial charge in [0.05, 0.1) is 5.52 Å². The van der Waals surface area contributed by atoms with Gasteiger partial charge < -0.3 is 16.0 Å². The normalized spacial score (nSPS) is 22.3. The number of primary amides is 1. The lowest BCUT2D eigenvalue weighted by molar-refractivity contribution is -0.0177. The number of nitrogens with one attached hydrogen (secondary N) is 1. The van der Waals surface area contributed by atoms with Crippen LogP contribution >= 0.6 is 0 Å². The van der Waals surface area contributed by atoms with Gasteiger partial charge in [-0.15, -0.1) is 0 Å². The highest BCUT2D eigenvalue weighted by atomic mass is 19.1. The summed E-state index contributed by atoms with van der Waals surface area (Å²) in [5, 5.41) is 4.15. The fourth-order valence-corrected chi connectivity index (χ4v) is 4.07. The fourth-order valence-electron chi connectivity index (χ4n) is 4.07. The first-order valence-electron chi connectivity index (χ1n) is 7.96. The van der Waals surface area contributed by atoms with Gasteiger partial charge in [-0.25, -0.2) is 9.18 Å². The zero-order valence-electron chi connectivity index (χ0n) is 12.8. The van der Waals surface area contributed by atoms with Crippen molar-refractivity contribution >= 4 is 22.6 Å². The van der Waals surface area contributed by atoms with Crippen molar-refractivity contribution in [2.45, 2.75) is 31.8 Å². The molecule has 1 aliphatic heterocycles. The van der Waals surface area contributed by atoms with Gasteiger partial charge in [0, 0.05) is 29.2 Å². The molecule has 0 radical (unpaired) electrons. The van der Waals surface area contributed by atoms with Crippen LogP contribution in [0.15, 0.2) is 30.5 Å². The number of amides is 2. The topological polar surface area (TPSA) is 71.2 Å². The van der Waals surface area contributed by atoms with E-state index in [1.807, 2.05) is 6.07 Å². The predicted octanol–water partition coefficient (Wildman–Crippen LogP) is 3.07. The van der Waals surface area contributed by atoms with Crippen LogP contribution in [0.5, 0.6) is 0 Å². The van der Waals surface area contributed by atoms with Crippen molar-refractivity contribution in [2.24, 2.45) is 11.1 Å². The lowest BCUT2D eigenvalue weighted by Crippen LogP contribution is -2.69. The SMILES string of the molecule is NC(=O)N1CC2(CCCC2)C1Nc1ccnc2ccc(F)cc12. The van der Waals surface area contributed by atoms with Gasteiger partial charge in [0.25, 0.3) is 0 Å². The zero-order valence-corrected chi connectivity index (χ0v) is 12.8. The molecular weight excluding hydrogens is 295 g/mol. The lowest BCUT2D eigenvalue weighted by atomic mass is 9.74. The van der Waals surface area contributed by atoms with Gasteiger partial charge in [0.1, 0.15) is 12.0 Å². The third kappa shape index (κ3) is 2.20. The van der Waals surface area contributed by atoms with Gasteiger partial charge in [-0.05, 0) is 37.1 Å². The molecular formula is C17H19FN4O. The summed E-state index contributed by atoms with van der Waals surface area (Å²) in [5.74, 6) is -0.301. The van der Waals surface area contributed by atoms with Gasteiger partial charge in [-0.1, -0.05) is 12.8 Å². The van der Waals surface area contributed by atoms with Gasteiger partial charge >= 0.3 is 6.03 Å². The smallest absolute Gasteiger partial charge is 0.316 e. The van der Waals surface area contributed by atoms with Crippen molar-refractivity contribution in [3.05, 3.63) is 36.3 Å². The van der Waals surface area contributed by atoms with Crippen molar-refractivity contribution in [3.63, 3.8) is 0 Å². The van der Waals surface area contributed by atoms with Gasteiger partial charge in [-0.2, -0.15) is 0 Å². The molecule has 2 amide bonds. The summed E-state index contributed by atoms with van der Waals surface area (Å²) in [7, 11) is 0. The molecule has 23 heavy (non-hydrogen) atoms. The number of nitrogens with two attached hydrogens (primary N) is 1. The monoisotopic (exact) mass is 314 g/mol. The Labute approximate surface area is 133 Å². The molecule has 4 rings (SSSR count). The van der Waals surface area contributed by atoms with Crippen molar-refractivity contribution in [1.82, 2.24) is 9.88 Å². The summed E-state index contributed by atoms with van der Waals surface area (Å²) in [6, 6.07) is 5.94. The predicted molar refractivity (Wildman–Crippen MR) is 86.3 cm³/mol. The molecule has 2 fully saturated rings. The largest absolute Gasteiger partial charge is 0.364 e. The van der Waals surface area contributed by atoms with E-state index in [1.165, 1.54) is 25.0 Å². The van der Waals surface area contributed by atoms with Crippen LogP contribution in [0.1, 0.15) is 25.7 Å². The molecule has 1 aliphatic carbocycles. The summed E-state index contributed by atoms with van der Waals surface area (Å²) >= 11 is 0. The molecule has 6 heteroatoms. The maximum absolute atomic E-state index is 13.6. The fraction of sp³-hybridized carbons (Fsp3) is 0.412. The number of benzene rings is 1. The Bertz CT molecular complexity index is 772. The average Bonchev–Trinajstić information content (AvgIpc) is 3.02. The third-order valence-electron chi connectivity index (χ3n) is 5.26. The Morgan fingerprint density at radius 1 is 1.35 bits per heavy atom. The molecule has 1 aromatic heterocycles. The molecule has 1 atom stereocenters. The number of likely N-dealkylation sites (tertiary alicyclic amines) is 1. The second kappa shape index (κ2) is 5.08. The van der Waals surface area contributed by atoms with Crippen molar-refractivity contribution in [1.29, 1.82) is 0 Å². The number of halogens is 1. The molecule has 0 bridgehead atoms. The molecule has 1 unspecified atom stereocenters. The summed E-state index contributed by atoms with van der Waals surface area (Å²) in [6.45, 7) is 0.706. The molecule has 120 valence electrons. The highest BCUT2D eigenvalue weighted by Crippen LogP contribution is 2.50. The zero-order chi connectivity index (χ0) is 16.0. The van der Waals surface area contributed by atoms with Crippen LogP contribution < -0.4 is 11.1 Å². The first kappa shape index (κ1) is 14.2. The molecule has 5 nitrogen and oxygen atoms in total. The highest BCUT2D eigenvalue weighted by Gasteiger charge is 2.55. The van der Waals surface area contributed by atoms with E-state index in [1.54, 1.807) is 17.2 Å². The summed E-state index contributed by atoms with van der Waals surface area (Å²) in [6.07, 6.45) is 6.10. The molecule has 2 aromatic rings. The number of carbonyl (C=O) groups is 1. The number of fused-ring (bicyclic) bond motifs is 1. The molecule has 1 spiro atoms. The number of carbonyl (C=O) groups excluding carboxylic acids is 1. The number of rotatable bonds is 2. The third-order valence-corrected chi connectivity index (χ3v) is 5.26. The Balaban J connectivity index is 1.71. The van der Waals surface area contributed by atoms with E-state index in [0.717, 1.165) is 29.4 Å². The average molecular weight is 314 g/mol. The van der Waals surface area contributed by atoms with E-state index in [4.69, 9.17) is 5.73 Å². The van der Waals surface area contributed by atoms with Crippen LogP contribution in [0, 0.1) is 11.2 Å². The van der Waals surface area contributed by atoms with Crippen LogP contribution in [0.25, 0.3) is 10.9 Å². The van der Waals surface area contributed by atoms with E-state index in [-0.39, 0.29) is 17.4 Å². The second-order valence-electron chi connectivity index (χ2n) is 6.60. The Kier molecular flexibility index (Phi) is 3.14. The number of urea groups is 1. The van der Waals surface area contributed by atoms with E-state index in [9.17, 15) is 9.18 Å². The quantitative estimate of drug-likeness (QED) is 0.895. The van der Waals surface area contributed by atoms with Crippen LogP contribution in [0.2, 0.25) is 0 Å². The van der Waals surface area contributed by atoms with Gasteiger partial charge in [0.2, 0.25) is 0 Å². The summed E-state index contributed by atoms with van der Waals surface area (Å²) in [5.41, 5.74) is 7.11. The maximum Gasteiger partial charge on any atom is 0.316 e. The number of nitrogens with zero attached hydrogens (tertiary/aromatic N) is 2. The molecule has 1 saturated heterocycles. The summed E-state index contributed by atoms with van der Waals surface area (Å²) in [4.78, 5) is 17.6. The number of aromatic nitrogens is 1. The molecule has 1 aromatic carbocycles. The van der Waals surface area contributed by atoms with E-state index >= 15 is 0 Å². The van der Waals surface area contributed by atoms with Crippen LogP contribution in [0.3, 0.4) is 0 Å². The minimum absolute atomic E-state index is 0.0952. The maximum atomic E-state index is 13.6. The first-order valence-corrected chi connectivity index (χ1v) is 7.96. The van der Waals surface area contributed by atoms with Crippen molar-refractivity contribution in [3.8, 4) is 0 Å². The Hall–Kier alpha value is -2.37. The lowest BCUT2D eigenvalue weighted by Gasteiger charge is -2.55. The summed E-state index contributed by atoms with van der Waals surface area (Å²) < 4.78 is 13.6. The van der Waals surface area contributed by atoms with Crippen LogP contribution in [-0.2, 0) is 0 Å². The minimum atomic E-state index is -0.412. The number of hydrogen-bond donors (Lipinski definition) is 2. The molecule has 3 N–H and O–H groups in total. The van der Waals surface area contributed by atoms with Gasteiger partial charge in [0.15, 0.2) is 0 Å². The highest BCUT2D eigenvalue weighted by molar-refractivity contribution is 5.91. The van der Waals surface area contributed by atoms with E-state index in [2.05, 4.69) is 10.3 Å². The van der Waals surface area contributed by atoms with Crippen LogP contribution in [-0.4, -0.2) is 28.6 Å². The first-order chi connectivity index (χ1) is 11.1.